The summed E-state index contributed by atoms with van der Waals surface area (Å²) in [5.41, 5.74) is 3.03. The van der Waals surface area contributed by atoms with E-state index in [1.54, 1.807) is 4.90 Å². The smallest absolute Gasteiger partial charge is 0.223 e. The van der Waals surface area contributed by atoms with Crippen molar-refractivity contribution in [1.29, 1.82) is 0 Å². The Hall–Kier alpha value is -1.41. The molecule has 2 saturated heterocycles. The molecule has 0 radical (unpaired) electrons. The Morgan fingerprint density at radius 2 is 2.04 bits per heavy atom. The molecule has 1 amide bonds. The molecule has 134 valence electrons. The molecule has 0 unspecified atom stereocenters. The topological polar surface area (TPSA) is 86.4 Å². The van der Waals surface area contributed by atoms with Crippen LogP contribution in [0.15, 0.2) is 0 Å². The second-order valence-electron chi connectivity index (χ2n) is 7.28. The minimum absolute atomic E-state index is 0.00837. The molecule has 0 aliphatic carbocycles. The van der Waals surface area contributed by atoms with Gasteiger partial charge in [0.1, 0.15) is 0 Å². The van der Waals surface area contributed by atoms with Gasteiger partial charge in [-0.05, 0) is 33.5 Å². The number of aromatic amines is 1. The first-order valence-corrected chi connectivity index (χ1v) is 10.1. The van der Waals surface area contributed by atoms with Crippen molar-refractivity contribution in [2.24, 2.45) is 5.92 Å². The van der Waals surface area contributed by atoms with Crippen LogP contribution in [0, 0.1) is 19.8 Å². The Labute approximate surface area is 143 Å². The van der Waals surface area contributed by atoms with Crippen molar-refractivity contribution in [3.63, 3.8) is 0 Å². The molecule has 0 spiro atoms. The van der Waals surface area contributed by atoms with Gasteiger partial charge < -0.3 is 9.80 Å². The molecule has 7 nitrogen and oxygen atoms in total. The largest absolute Gasteiger partial charge is 0.341 e. The number of nitrogens with one attached hydrogen (secondary N) is 1. The number of aromatic nitrogens is 2. The fraction of sp³-hybridized carbons (Fsp3) is 0.750. The molecule has 3 rings (SSSR count). The Balaban J connectivity index is 1.65. The van der Waals surface area contributed by atoms with Crippen molar-refractivity contribution in [2.45, 2.75) is 38.0 Å². The third kappa shape index (κ3) is 2.97. The number of likely N-dealkylation sites (tertiary alicyclic amines) is 1. The van der Waals surface area contributed by atoms with Gasteiger partial charge in [-0.3, -0.25) is 9.89 Å². The fourth-order valence-electron chi connectivity index (χ4n) is 3.93. The number of hydrogen-bond acceptors (Lipinski definition) is 5. The number of rotatable bonds is 4. The minimum atomic E-state index is -3.11. The molecule has 3 atom stereocenters. The lowest BCUT2D eigenvalue weighted by atomic mass is 10.00. The monoisotopic (exact) mass is 354 g/mol. The molecule has 2 fully saturated rings. The summed E-state index contributed by atoms with van der Waals surface area (Å²) in [6.45, 7) is 4.84. The minimum Gasteiger partial charge on any atom is -0.341 e. The van der Waals surface area contributed by atoms with Gasteiger partial charge in [0.25, 0.3) is 0 Å². The Kier molecular flexibility index (Phi) is 4.46. The van der Waals surface area contributed by atoms with Crippen LogP contribution in [0.1, 0.15) is 23.4 Å². The van der Waals surface area contributed by atoms with E-state index in [-0.39, 0.29) is 23.6 Å². The summed E-state index contributed by atoms with van der Waals surface area (Å²) in [6, 6.07) is 0.00837. The third-order valence-electron chi connectivity index (χ3n) is 5.61. The lowest BCUT2D eigenvalue weighted by Crippen LogP contribution is -2.38. The van der Waals surface area contributed by atoms with Crippen molar-refractivity contribution in [3.05, 3.63) is 17.0 Å². The van der Waals surface area contributed by atoms with E-state index in [2.05, 4.69) is 10.2 Å². The molecular formula is C16H26N4O3S. The maximum Gasteiger partial charge on any atom is 0.223 e. The predicted octanol–water partition coefficient (Wildman–Crippen LogP) is 0.145. The Bertz CT molecular complexity index is 741. The summed E-state index contributed by atoms with van der Waals surface area (Å²) in [7, 11) is 0.717. The molecule has 3 heterocycles. The molecule has 2 aliphatic rings. The molecular weight excluding hydrogens is 328 g/mol. The molecule has 2 aliphatic heterocycles. The molecule has 24 heavy (non-hydrogen) atoms. The molecule has 8 heteroatoms. The molecule has 0 saturated carbocycles. The fourth-order valence-corrected chi connectivity index (χ4v) is 6.41. The summed E-state index contributed by atoms with van der Waals surface area (Å²) in [5.74, 6) is 0.267. The van der Waals surface area contributed by atoms with E-state index in [0.29, 0.717) is 25.9 Å². The highest BCUT2D eigenvalue weighted by molar-refractivity contribution is 7.92. The van der Waals surface area contributed by atoms with Gasteiger partial charge in [-0.1, -0.05) is 0 Å². The second-order valence-corrected chi connectivity index (χ2v) is 9.55. The summed E-state index contributed by atoms with van der Waals surface area (Å²) < 4.78 is 24.7. The highest BCUT2D eigenvalue weighted by atomic mass is 32.2. The number of carbonyl (C=O) groups is 1. The number of carbonyl (C=O) groups excluding carboxylic acids is 1. The lowest BCUT2D eigenvalue weighted by molar-refractivity contribution is -0.130. The van der Waals surface area contributed by atoms with Crippen LogP contribution in [-0.2, 0) is 21.1 Å². The van der Waals surface area contributed by atoms with Gasteiger partial charge in [0.2, 0.25) is 5.91 Å². The second kappa shape index (κ2) is 6.15. The third-order valence-corrected chi connectivity index (χ3v) is 7.84. The first-order valence-electron chi connectivity index (χ1n) is 8.37. The van der Waals surface area contributed by atoms with E-state index in [1.807, 2.05) is 32.8 Å². The maximum atomic E-state index is 12.5. The Morgan fingerprint density at radius 1 is 1.33 bits per heavy atom. The zero-order valence-corrected chi connectivity index (χ0v) is 15.6. The highest BCUT2D eigenvalue weighted by Crippen LogP contribution is 2.36. The number of hydrogen-bond donors (Lipinski definition) is 1. The van der Waals surface area contributed by atoms with E-state index in [9.17, 15) is 13.2 Å². The van der Waals surface area contributed by atoms with Gasteiger partial charge >= 0.3 is 0 Å². The van der Waals surface area contributed by atoms with Gasteiger partial charge in [-0.2, -0.15) is 5.10 Å². The lowest BCUT2D eigenvalue weighted by Gasteiger charge is -2.25. The number of amides is 1. The van der Waals surface area contributed by atoms with Crippen molar-refractivity contribution < 1.29 is 13.2 Å². The van der Waals surface area contributed by atoms with Crippen molar-refractivity contribution in [1.82, 2.24) is 20.0 Å². The van der Waals surface area contributed by atoms with Gasteiger partial charge in [0.05, 0.1) is 16.7 Å². The SMILES string of the molecule is Cc1[nH]nc(CCC(=O)N2C[C@H]3[C@H](N(C)C)CS(=O)(=O)[C@H]3C2)c1C. The molecule has 1 aromatic rings. The summed E-state index contributed by atoms with van der Waals surface area (Å²) >= 11 is 0. The van der Waals surface area contributed by atoms with Crippen LogP contribution >= 0.6 is 0 Å². The first-order chi connectivity index (χ1) is 11.2. The first kappa shape index (κ1) is 17.4. The van der Waals surface area contributed by atoms with Crippen LogP contribution in [0.2, 0.25) is 0 Å². The van der Waals surface area contributed by atoms with Crippen LogP contribution in [0.25, 0.3) is 0 Å². The standard InChI is InChI=1S/C16H26N4O3S/c1-10-11(2)17-18-13(10)5-6-16(21)20-7-12-14(19(3)4)9-24(22,23)15(12)8-20/h12,14-15H,5-9H2,1-4H3,(H,17,18)/t12-,14+,15-/m0/s1. The predicted molar refractivity (Wildman–Crippen MR) is 91.5 cm³/mol. The van der Waals surface area contributed by atoms with Crippen molar-refractivity contribution in [2.75, 3.05) is 32.9 Å². The number of nitrogens with zero attached hydrogens (tertiary/aromatic N) is 3. The average Bonchev–Trinajstić information content (AvgIpc) is 3.14. The van der Waals surface area contributed by atoms with Crippen molar-refractivity contribution >= 4 is 15.7 Å². The summed E-state index contributed by atoms with van der Waals surface area (Å²) in [4.78, 5) is 16.2. The molecule has 0 aromatic carbocycles. The van der Waals surface area contributed by atoms with Gasteiger partial charge in [-0.25, -0.2) is 8.42 Å². The van der Waals surface area contributed by atoms with Crippen LogP contribution < -0.4 is 0 Å². The highest BCUT2D eigenvalue weighted by Gasteiger charge is 2.53. The van der Waals surface area contributed by atoms with E-state index >= 15 is 0 Å². The number of fused-ring (bicyclic) bond motifs is 1. The van der Waals surface area contributed by atoms with E-state index in [0.717, 1.165) is 17.0 Å². The quantitative estimate of drug-likeness (QED) is 0.831. The average molecular weight is 354 g/mol. The molecule has 1 aromatic heterocycles. The molecule has 0 bridgehead atoms. The van der Waals surface area contributed by atoms with E-state index < -0.39 is 15.1 Å². The normalized spacial score (nSPS) is 28.5. The van der Waals surface area contributed by atoms with Gasteiger partial charge in [0.15, 0.2) is 9.84 Å². The van der Waals surface area contributed by atoms with Crippen molar-refractivity contribution in [3.8, 4) is 0 Å². The number of H-pyrrole nitrogens is 1. The zero-order chi connectivity index (χ0) is 17.6. The maximum absolute atomic E-state index is 12.5. The summed E-state index contributed by atoms with van der Waals surface area (Å²) in [6.07, 6.45) is 0.960. The number of aryl methyl sites for hydroxylation is 2. The van der Waals surface area contributed by atoms with Crippen LogP contribution in [0.4, 0.5) is 0 Å². The summed E-state index contributed by atoms with van der Waals surface area (Å²) in [5, 5.41) is 6.76. The zero-order valence-electron chi connectivity index (χ0n) is 14.7. The van der Waals surface area contributed by atoms with Crippen LogP contribution in [-0.4, -0.2) is 78.6 Å². The van der Waals surface area contributed by atoms with Gasteiger partial charge in [-0.15, -0.1) is 0 Å². The van der Waals surface area contributed by atoms with Gasteiger partial charge in [0, 0.05) is 43.6 Å². The molecule has 1 N–H and O–H groups in total. The van der Waals surface area contributed by atoms with E-state index in [1.165, 1.54) is 0 Å². The van der Waals surface area contributed by atoms with Crippen LogP contribution in [0.5, 0.6) is 0 Å². The Morgan fingerprint density at radius 3 is 2.62 bits per heavy atom. The van der Waals surface area contributed by atoms with Crippen LogP contribution in [0.3, 0.4) is 0 Å². The van der Waals surface area contributed by atoms with E-state index in [4.69, 9.17) is 0 Å². The number of sulfone groups is 1.